The number of amides is 1. The van der Waals surface area contributed by atoms with Crippen LogP contribution in [0.15, 0.2) is 18.3 Å². The Morgan fingerprint density at radius 1 is 1.47 bits per heavy atom. The number of aromatic nitrogens is 1. The molecule has 1 unspecified atom stereocenters. The number of nitrogens with zero attached hydrogens (tertiary/aromatic N) is 1. The third-order valence-corrected chi connectivity index (χ3v) is 2.65. The van der Waals surface area contributed by atoms with Crippen molar-refractivity contribution in [3.63, 3.8) is 0 Å². The Balaban J connectivity index is 2.65. The molecule has 0 bridgehead atoms. The summed E-state index contributed by atoms with van der Waals surface area (Å²) in [5.41, 5.74) is -0.0757. The molecule has 4 nitrogen and oxygen atoms in total. The molecule has 19 heavy (non-hydrogen) atoms. The molecule has 1 rings (SSSR count). The molecule has 0 aliphatic heterocycles. The molecule has 1 heterocycles. The fourth-order valence-electron chi connectivity index (χ4n) is 1.47. The first-order valence-electron chi connectivity index (χ1n) is 5.89. The van der Waals surface area contributed by atoms with Gasteiger partial charge in [0.2, 0.25) is 0 Å². The van der Waals surface area contributed by atoms with E-state index in [2.05, 4.69) is 5.32 Å². The van der Waals surface area contributed by atoms with E-state index in [1.54, 1.807) is 13.8 Å². The van der Waals surface area contributed by atoms with Gasteiger partial charge in [0.05, 0.1) is 6.10 Å². The topological polar surface area (TPSA) is 54.3 Å². The van der Waals surface area contributed by atoms with E-state index in [9.17, 15) is 23.1 Å². The second-order valence-electron chi connectivity index (χ2n) is 4.66. The number of aliphatic hydroxyl groups excluding tert-OH is 1. The highest BCUT2D eigenvalue weighted by Gasteiger charge is 2.29. The molecule has 0 radical (unpaired) electrons. The molecule has 7 heteroatoms. The lowest BCUT2D eigenvalue weighted by Crippen LogP contribution is -2.36. The summed E-state index contributed by atoms with van der Waals surface area (Å²) in [7, 11) is 0. The molecule has 2 N–H and O–H groups in total. The number of carbonyl (C=O) groups excluding carboxylic acids is 1. The monoisotopic (exact) mass is 278 g/mol. The lowest BCUT2D eigenvalue weighted by molar-refractivity contribution is -0.140. The van der Waals surface area contributed by atoms with E-state index in [4.69, 9.17) is 0 Å². The van der Waals surface area contributed by atoms with E-state index in [1.165, 1.54) is 18.3 Å². The first kappa shape index (κ1) is 15.6. The third kappa shape index (κ3) is 4.94. The Bertz CT molecular complexity index is 427. The lowest BCUT2D eigenvalue weighted by Gasteiger charge is -2.16. The van der Waals surface area contributed by atoms with Crippen LogP contribution < -0.4 is 5.32 Å². The number of hydrogen-bond donors (Lipinski definition) is 2. The molecule has 0 saturated carbocycles. The molecule has 0 saturated heterocycles. The first-order chi connectivity index (χ1) is 8.70. The van der Waals surface area contributed by atoms with E-state index in [0.717, 1.165) is 4.57 Å². The van der Waals surface area contributed by atoms with Gasteiger partial charge in [-0.25, -0.2) is 0 Å². The summed E-state index contributed by atoms with van der Waals surface area (Å²) >= 11 is 0. The summed E-state index contributed by atoms with van der Waals surface area (Å²) in [4.78, 5) is 11.7. The fraction of sp³-hybridized carbons (Fsp3) is 0.583. The van der Waals surface area contributed by atoms with E-state index in [-0.39, 0.29) is 18.2 Å². The third-order valence-electron chi connectivity index (χ3n) is 2.65. The summed E-state index contributed by atoms with van der Waals surface area (Å²) in [6, 6.07) is 2.68. The van der Waals surface area contributed by atoms with Gasteiger partial charge < -0.3 is 15.0 Å². The average Bonchev–Trinajstić information content (AvgIpc) is 2.70. The van der Waals surface area contributed by atoms with Crippen molar-refractivity contribution in [2.45, 2.75) is 32.7 Å². The van der Waals surface area contributed by atoms with E-state index >= 15 is 0 Å². The fourth-order valence-corrected chi connectivity index (χ4v) is 1.47. The molecule has 0 spiro atoms. The number of halogens is 3. The van der Waals surface area contributed by atoms with Crippen molar-refractivity contribution in [1.29, 1.82) is 0 Å². The van der Waals surface area contributed by atoms with E-state index < -0.39 is 24.7 Å². The van der Waals surface area contributed by atoms with Crippen LogP contribution in [0.4, 0.5) is 13.2 Å². The van der Waals surface area contributed by atoms with Gasteiger partial charge in [-0.1, -0.05) is 13.8 Å². The van der Waals surface area contributed by atoms with Crippen molar-refractivity contribution in [2.75, 3.05) is 6.54 Å². The molecule has 1 aromatic rings. The van der Waals surface area contributed by atoms with Crippen molar-refractivity contribution < 1.29 is 23.1 Å². The van der Waals surface area contributed by atoms with Crippen LogP contribution in [0.2, 0.25) is 0 Å². The van der Waals surface area contributed by atoms with Gasteiger partial charge in [0.1, 0.15) is 12.2 Å². The van der Waals surface area contributed by atoms with Gasteiger partial charge in [0.25, 0.3) is 5.91 Å². The van der Waals surface area contributed by atoms with Crippen molar-refractivity contribution in [2.24, 2.45) is 5.92 Å². The molecular weight excluding hydrogens is 261 g/mol. The van der Waals surface area contributed by atoms with Crippen molar-refractivity contribution >= 4 is 5.91 Å². The molecular formula is C12H17F3N2O2. The summed E-state index contributed by atoms with van der Waals surface area (Å²) in [5, 5.41) is 11.9. The summed E-state index contributed by atoms with van der Waals surface area (Å²) in [6.07, 6.45) is -3.91. The highest BCUT2D eigenvalue weighted by molar-refractivity contribution is 5.92. The predicted molar refractivity (Wildman–Crippen MR) is 63.7 cm³/mol. The lowest BCUT2D eigenvalue weighted by atomic mass is 10.1. The standard InChI is InChI=1S/C12H17F3N2O2/c1-8(2)10(18)6-16-11(19)9-4-3-5-17(9)7-12(13,14)15/h3-5,8,10,18H,6-7H2,1-2H3,(H,16,19). The predicted octanol–water partition coefficient (Wildman–Crippen LogP) is 1.80. The van der Waals surface area contributed by atoms with Gasteiger partial charge in [0.15, 0.2) is 0 Å². The van der Waals surface area contributed by atoms with Crippen molar-refractivity contribution in [1.82, 2.24) is 9.88 Å². The van der Waals surface area contributed by atoms with Gasteiger partial charge in [-0.15, -0.1) is 0 Å². The summed E-state index contributed by atoms with van der Waals surface area (Å²) < 4.78 is 37.7. The Morgan fingerprint density at radius 3 is 2.63 bits per heavy atom. The van der Waals surface area contributed by atoms with Crippen LogP contribution in [0.5, 0.6) is 0 Å². The van der Waals surface area contributed by atoms with Gasteiger partial charge in [-0.3, -0.25) is 4.79 Å². The quantitative estimate of drug-likeness (QED) is 0.863. The SMILES string of the molecule is CC(C)C(O)CNC(=O)c1cccn1CC(F)(F)F. The minimum atomic E-state index is -4.38. The Hall–Kier alpha value is -1.50. The first-order valence-corrected chi connectivity index (χ1v) is 5.89. The second-order valence-corrected chi connectivity index (χ2v) is 4.66. The van der Waals surface area contributed by atoms with E-state index in [1.807, 2.05) is 0 Å². The minimum Gasteiger partial charge on any atom is -0.391 e. The Morgan fingerprint density at radius 2 is 2.11 bits per heavy atom. The van der Waals surface area contributed by atoms with Crippen LogP contribution in [0.3, 0.4) is 0 Å². The minimum absolute atomic E-state index is 0.00764. The van der Waals surface area contributed by atoms with Crippen LogP contribution in [-0.4, -0.2) is 34.4 Å². The molecule has 1 atom stereocenters. The van der Waals surface area contributed by atoms with Gasteiger partial charge in [-0.05, 0) is 18.1 Å². The number of alkyl halides is 3. The van der Waals surface area contributed by atoms with Crippen LogP contribution >= 0.6 is 0 Å². The van der Waals surface area contributed by atoms with Crippen LogP contribution in [0.1, 0.15) is 24.3 Å². The molecule has 1 amide bonds. The van der Waals surface area contributed by atoms with Gasteiger partial charge in [-0.2, -0.15) is 13.2 Å². The Kier molecular flexibility index (Phi) is 4.99. The Labute approximate surface area is 109 Å². The maximum Gasteiger partial charge on any atom is 0.406 e. The maximum absolute atomic E-state index is 12.3. The second kappa shape index (κ2) is 6.10. The van der Waals surface area contributed by atoms with Crippen LogP contribution in [0, 0.1) is 5.92 Å². The molecule has 1 aromatic heterocycles. The summed E-state index contributed by atoms with van der Waals surface area (Å²) in [5.74, 6) is -0.670. The largest absolute Gasteiger partial charge is 0.406 e. The molecule has 0 fully saturated rings. The smallest absolute Gasteiger partial charge is 0.391 e. The van der Waals surface area contributed by atoms with Crippen LogP contribution in [0.25, 0.3) is 0 Å². The molecule has 0 aliphatic rings. The zero-order chi connectivity index (χ0) is 14.6. The molecule has 108 valence electrons. The number of aliphatic hydroxyl groups is 1. The van der Waals surface area contributed by atoms with Gasteiger partial charge in [0, 0.05) is 12.7 Å². The highest BCUT2D eigenvalue weighted by atomic mass is 19.4. The number of carbonyl (C=O) groups is 1. The number of rotatable bonds is 5. The molecule has 0 aliphatic carbocycles. The zero-order valence-corrected chi connectivity index (χ0v) is 10.7. The molecule has 0 aromatic carbocycles. The number of nitrogens with one attached hydrogen (secondary N) is 1. The normalized spacial score (nSPS) is 13.6. The highest BCUT2D eigenvalue weighted by Crippen LogP contribution is 2.19. The van der Waals surface area contributed by atoms with Crippen LogP contribution in [-0.2, 0) is 6.54 Å². The summed E-state index contributed by atoms with van der Waals surface area (Å²) in [6.45, 7) is 2.36. The van der Waals surface area contributed by atoms with Crippen molar-refractivity contribution in [3.05, 3.63) is 24.0 Å². The van der Waals surface area contributed by atoms with Gasteiger partial charge >= 0.3 is 6.18 Å². The van der Waals surface area contributed by atoms with E-state index in [0.29, 0.717) is 0 Å². The van der Waals surface area contributed by atoms with Crippen molar-refractivity contribution in [3.8, 4) is 0 Å². The zero-order valence-electron chi connectivity index (χ0n) is 10.7. The average molecular weight is 278 g/mol. The number of hydrogen-bond acceptors (Lipinski definition) is 2. The maximum atomic E-state index is 12.3.